The molecule has 0 atom stereocenters. The molecule has 0 heterocycles. The van der Waals surface area contributed by atoms with Gasteiger partial charge in [-0.1, -0.05) is 54.4 Å². The van der Waals surface area contributed by atoms with Crippen LogP contribution in [0.5, 0.6) is 0 Å². The van der Waals surface area contributed by atoms with Crippen LogP contribution in [0.4, 0.5) is 5.69 Å². The van der Waals surface area contributed by atoms with Crippen molar-refractivity contribution >= 4 is 40.8 Å². The number of rotatable bonds is 5. The molecule has 126 valence electrons. The van der Waals surface area contributed by atoms with Gasteiger partial charge in [0.2, 0.25) is 0 Å². The van der Waals surface area contributed by atoms with Crippen molar-refractivity contribution in [3.63, 3.8) is 0 Å². The Balaban J connectivity index is 2.03. The van der Waals surface area contributed by atoms with Crippen molar-refractivity contribution in [3.8, 4) is 0 Å². The molecular weight excluding hydrogens is 349 g/mol. The Bertz CT molecular complexity index is 755. The Hall–Kier alpha value is -2.04. The molecule has 2 aromatic rings. The lowest BCUT2D eigenvalue weighted by Crippen LogP contribution is -2.22. The van der Waals surface area contributed by atoms with Gasteiger partial charge in [0.25, 0.3) is 5.91 Å². The van der Waals surface area contributed by atoms with Crippen LogP contribution in [-0.4, -0.2) is 18.5 Å². The van der Waals surface area contributed by atoms with Crippen molar-refractivity contribution in [2.45, 2.75) is 20.3 Å². The van der Waals surface area contributed by atoms with E-state index in [0.717, 1.165) is 23.2 Å². The highest BCUT2D eigenvalue weighted by molar-refractivity contribution is 6.39. The van der Waals surface area contributed by atoms with Crippen LogP contribution in [0.1, 0.15) is 28.4 Å². The highest BCUT2D eigenvalue weighted by atomic mass is 35.5. The fourth-order valence-electron chi connectivity index (χ4n) is 2.27. The zero-order valence-electron chi connectivity index (χ0n) is 13.4. The van der Waals surface area contributed by atoms with Gasteiger partial charge in [-0.25, -0.2) is 4.79 Å². The zero-order chi connectivity index (χ0) is 17.7. The quantitative estimate of drug-likeness (QED) is 0.783. The van der Waals surface area contributed by atoms with Gasteiger partial charge in [0.1, 0.15) is 0 Å². The third-order valence-electron chi connectivity index (χ3n) is 3.51. The molecule has 4 nitrogen and oxygen atoms in total. The van der Waals surface area contributed by atoms with Crippen molar-refractivity contribution in [2.24, 2.45) is 0 Å². The molecule has 0 aliphatic heterocycles. The zero-order valence-corrected chi connectivity index (χ0v) is 14.9. The smallest absolute Gasteiger partial charge is 0.341 e. The SMILES string of the molecule is CCc1cccc(C)c1NC(=O)COC(=O)c1c(Cl)cccc1Cl. The molecule has 0 fully saturated rings. The highest BCUT2D eigenvalue weighted by Crippen LogP contribution is 2.25. The first-order chi connectivity index (χ1) is 11.4. The summed E-state index contributed by atoms with van der Waals surface area (Å²) < 4.78 is 5.02. The summed E-state index contributed by atoms with van der Waals surface area (Å²) in [7, 11) is 0. The van der Waals surface area contributed by atoms with Crippen molar-refractivity contribution < 1.29 is 14.3 Å². The van der Waals surface area contributed by atoms with E-state index < -0.39 is 18.5 Å². The number of amides is 1. The summed E-state index contributed by atoms with van der Waals surface area (Å²) in [6.07, 6.45) is 0.784. The Kier molecular flexibility index (Phi) is 6.23. The van der Waals surface area contributed by atoms with E-state index in [9.17, 15) is 9.59 Å². The minimum Gasteiger partial charge on any atom is -0.452 e. The van der Waals surface area contributed by atoms with Gasteiger partial charge in [-0.3, -0.25) is 4.79 Å². The average molecular weight is 366 g/mol. The molecule has 0 saturated carbocycles. The third kappa shape index (κ3) is 4.28. The average Bonchev–Trinajstić information content (AvgIpc) is 2.54. The molecule has 24 heavy (non-hydrogen) atoms. The van der Waals surface area contributed by atoms with Crippen LogP contribution in [0.15, 0.2) is 36.4 Å². The largest absolute Gasteiger partial charge is 0.452 e. The monoisotopic (exact) mass is 365 g/mol. The number of para-hydroxylation sites is 1. The van der Waals surface area contributed by atoms with Crippen LogP contribution in [0.3, 0.4) is 0 Å². The van der Waals surface area contributed by atoms with E-state index >= 15 is 0 Å². The van der Waals surface area contributed by atoms with E-state index in [4.69, 9.17) is 27.9 Å². The molecule has 0 unspecified atom stereocenters. The van der Waals surface area contributed by atoms with Crippen molar-refractivity contribution in [3.05, 3.63) is 63.1 Å². The highest BCUT2D eigenvalue weighted by Gasteiger charge is 2.18. The number of aryl methyl sites for hydroxylation is 2. The number of carbonyl (C=O) groups excluding carboxylic acids is 2. The Morgan fingerprint density at radius 3 is 2.33 bits per heavy atom. The van der Waals surface area contributed by atoms with Gasteiger partial charge in [-0.05, 0) is 36.6 Å². The number of nitrogens with one attached hydrogen (secondary N) is 1. The third-order valence-corrected chi connectivity index (χ3v) is 4.14. The summed E-state index contributed by atoms with van der Waals surface area (Å²) in [6.45, 7) is 3.49. The summed E-state index contributed by atoms with van der Waals surface area (Å²) in [5.74, 6) is -1.16. The number of benzene rings is 2. The van der Waals surface area contributed by atoms with E-state index in [0.29, 0.717) is 0 Å². The first kappa shape index (κ1) is 18.3. The number of carbonyl (C=O) groups is 2. The predicted octanol–water partition coefficient (Wildman–Crippen LogP) is 4.66. The van der Waals surface area contributed by atoms with Gasteiger partial charge in [-0.2, -0.15) is 0 Å². The lowest BCUT2D eigenvalue weighted by molar-refractivity contribution is -0.119. The second kappa shape index (κ2) is 8.18. The number of hydrogen-bond donors (Lipinski definition) is 1. The molecule has 0 radical (unpaired) electrons. The fourth-order valence-corrected chi connectivity index (χ4v) is 2.83. The van der Waals surface area contributed by atoms with Crippen LogP contribution in [-0.2, 0) is 16.0 Å². The van der Waals surface area contributed by atoms with Crippen molar-refractivity contribution in [2.75, 3.05) is 11.9 Å². The van der Waals surface area contributed by atoms with Gasteiger partial charge in [-0.15, -0.1) is 0 Å². The minimum absolute atomic E-state index is 0.0544. The molecule has 2 rings (SSSR count). The summed E-state index contributed by atoms with van der Waals surface area (Å²) in [6, 6.07) is 10.5. The molecule has 1 amide bonds. The second-order valence-corrected chi connectivity index (χ2v) is 6.00. The lowest BCUT2D eigenvalue weighted by Gasteiger charge is -2.13. The molecule has 0 spiro atoms. The molecule has 0 aromatic heterocycles. The number of anilines is 1. The standard InChI is InChI=1S/C18H17Cl2NO3/c1-3-12-7-4-6-11(2)17(12)21-15(22)10-24-18(23)16-13(19)8-5-9-14(16)20/h4-9H,3,10H2,1-2H3,(H,21,22). The summed E-state index contributed by atoms with van der Waals surface area (Å²) in [5, 5.41) is 3.14. The predicted molar refractivity (Wildman–Crippen MR) is 95.9 cm³/mol. The molecular formula is C18H17Cl2NO3. The number of esters is 1. The summed E-state index contributed by atoms with van der Waals surface area (Å²) in [5.41, 5.74) is 2.77. The fraction of sp³-hybridized carbons (Fsp3) is 0.222. The van der Waals surface area contributed by atoms with Gasteiger partial charge in [0.15, 0.2) is 6.61 Å². The van der Waals surface area contributed by atoms with Crippen molar-refractivity contribution in [1.29, 1.82) is 0 Å². The van der Waals surface area contributed by atoms with E-state index in [-0.39, 0.29) is 15.6 Å². The van der Waals surface area contributed by atoms with Crippen LogP contribution in [0.2, 0.25) is 10.0 Å². The van der Waals surface area contributed by atoms with E-state index in [2.05, 4.69) is 5.32 Å². The van der Waals surface area contributed by atoms with Gasteiger partial charge >= 0.3 is 5.97 Å². The molecule has 0 aliphatic carbocycles. The molecule has 6 heteroatoms. The second-order valence-electron chi connectivity index (χ2n) is 5.18. The number of hydrogen-bond acceptors (Lipinski definition) is 3. The summed E-state index contributed by atoms with van der Waals surface area (Å²) >= 11 is 11.9. The normalized spacial score (nSPS) is 10.3. The maximum atomic E-state index is 12.1. The van der Waals surface area contributed by atoms with E-state index in [1.807, 2.05) is 32.0 Å². The van der Waals surface area contributed by atoms with Gasteiger partial charge in [0, 0.05) is 5.69 Å². The van der Waals surface area contributed by atoms with Crippen molar-refractivity contribution in [1.82, 2.24) is 0 Å². The van der Waals surface area contributed by atoms with Gasteiger partial charge in [0.05, 0.1) is 15.6 Å². The first-order valence-corrected chi connectivity index (χ1v) is 8.19. The van der Waals surface area contributed by atoms with Crippen LogP contribution in [0.25, 0.3) is 0 Å². The number of ether oxygens (including phenoxy) is 1. The topological polar surface area (TPSA) is 55.4 Å². The maximum Gasteiger partial charge on any atom is 0.341 e. The van der Waals surface area contributed by atoms with Crippen LogP contribution < -0.4 is 5.32 Å². The molecule has 0 saturated heterocycles. The van der Waals surface area contributed by atoms with Crippen LogP contribution in [0, 0.1) is 6.92 Å². The molecule has 1 N–H and O–H groups in total. The molecule has 2 aromatic carbocycles. The Labute approximate surface area is 150 Å². The Morgan fingerprint density at radius 1 is 1.08 bits per heavy atom. The van der Waals surface area contributed by atoms with Gasteiger partial charge < -0.3 is 10.1 Å². The lowest BCUT2D eigenvalue weighted by atomic mass is 10.1. The van der Waals surface area contributed by atoms with Crippen LogP contribution >= 0.6 is 23.2 Å². The van der Waals surface area contributed by atoms with E-state index in [1.54, 1.807) is 6.07 Å². The molecule has 0 bridgehead atoms. The minimum atomic E-state index is -0.735. The number of halogens is 2. The molecule has 0 aliphatic rings. The maximum absolute atomic E-state index is 12.1. The Morgan fingerprint density at radius 2 is 1.71 bits per heavy atom. The van der Waals surface area contributed by atoms with E-state index in [1.165, 1.54) is 12.1 Å². The summed E-state index contributed by atoms with van der Waals surface area (Å²) in [4.78, 5) is 24.1. The first-order valence-electron chi connectivity index (χ1n) is 7.43.